The molecule has 0 bridgehead atoms. The zero-order valence-electron chi connectivity index (χ0n) is 6.69. The van der Waals surface area contributed by atoms with E-state index >= 15 is 0 Å². The molecule has 0 fully saturated rings. The fourth-order valence-electron chi connectivity index (χ4n) is 0.858. The predicted molar refractivity (Wildman–Crippen MR) is 52.3 cm³/mol. The van der Waals surface area contributed by atoms with Gasteiger partial charge in [0, 0.05) is 5.69 Å². The van der Waals surface area contributed by atoms with Crippen LogP contribution in [0.5, 0.6) is 5.75 Å². The number of hydrogen-bond donors (Lipinski definition) is 1. The summed E-state index contributed by atoms with van der Waals surface area (Å²) in [7, 11) is 0. The van der Waals surface area contributed by atoms with Gasteiger partial charge in [-0.2, -0.15) is 0 Å². The topological polar surface area (TPSA) is 35.2 Å². The monoisotopic (exact) mass is 223 g/mol. The third kappa shape index (κ3) is 2.64. The number of benzene rings is 1. The Morgan fingerprint density at radius 3 is 2.31 bits per heavy atom. The third-order valence-corrected chi connectivity index (χ3v) is 1.91. The van der Waals surface area contributed by atoms with Gasteiger partial charge in [0.1, 0.15) is 13.3 Å². The Hall–Kier alpha value is -0.670. The molecule has 1 aromatic carbocycles. The van der Waals surface area contributed by atoms with E-state index in [1.54, 1.807) is 0 Å². The Bertz CT molecular complexity index is 283. The summed E-state index contributed by atoms with van der Waals surface area (Å²) in [4.78, 5) is 0. The summed E-state index contributed by atoms with van der Waals surface area (Å²) in [6.45, 7) is -0.652. The van der Waals surface area contributed by atoms with Crippen molar-refractivity contribution >= 4 is 28.9 Å². The van der Waals surface area contributed by atoms with E-state index < -0.39 is 6.67 Å². The van der Waals surface area contributed by atoms with Gasteiger partial charge < -0.3 is 10.5 Å². The first-order valence-corrected chi connectivity index (χ1v) is 4.34. The van der Waals surface area contributed by atoms with Crippen LogP contribution in [0.25, 0.3) is 0 Å². The van der Waals surface area contributed by atoms with Crippen LogP contribution in [0.1, 0.15) is 0 Å². The van der Waals surface area contributed by atoms with Gasteiger partial charge in [0.2, 0.25) is 0 Å². The summed E-state index contributed by atoms with van der Waals surface area (Å²) >= 11 is 11.5. The van der Waals surface area contributed by atoms with Crippen LogP contribution in [0.2, 0.25) is 10.0 Å². The summed E-state index contributed by atoms with van der Waals surface area (Å²) in [5.41, 5.74) is 5.91. The lowest BCUT2D eigenvalue weighted by atomic mass is 10.3. The first kappa shape index (κ1) is 10.4. The molecule has 0 saturated heterocycles. The van der Waals surface area contributed by atoms with Gasteiger partial charge in [0.05, 0.1) is 10.0 Å². The van der Waals surface area contributed by atoms with Crippen molar-refractivity contribution in [3.05, 3.63) is 22.2 Å². The Balaban J connectivity index is 2.92. The average Bonchev–Trinajstić information content (AvgIpc) is 2.02. The van der Waals surface area contributed by atoms with Crippen LogP contribution in [-0.2, 0) is 0 Å². The smallest absolute Gasteiger partial charge is 0.156 e. The summed E-state index contributed by atoms with van der Waals surface area (Å²) in [5, 5.41) is 0.580. The molecule has 0 heterocycles. The molecular formula is C8H8Cl2FNO. The quantitative estimate of drug-likeness (QED) is 0.801. The predicted octanol–water partition coefficient (Wildman–Crippen LogP) is 2.92. The summed E-state index contributed by atoms with van der Waals surface area (Å²) in [5.74, 6) is 0.273. The highest BCUT2D eigenvalue weighted by atomic mass is 35.5. The van der Waals surface area contributed by atoms with Crippen LogP contribution in [0, 0.1) is 0 Å². The van der Waals surface area contributed by atoms with E-state index in [9.17, 15) is 4.39 Å². The molecule has 13 heavy (non-hydrogen) atoms. The molecule has 0 radical (unpaired) electrons. The number of ether oxygens (including phenoxy) is 1. The van der Waals surface area contributed by atoms with E-state index in [4.69, 9.17) is 33.7 Å². The highest BCUT2D eigenvalue weighted by Crippen LogP contribution is 2.34. The van der Waals surface area contributed by atoms with Gasteiger partial charge in [-0.15, -0.1) is 0 Å². The maximum atomic E-state index is 11.8. The lowest BCUT2D eigenvalue weighted by Crippen LogP contribution is -2.00. The molecule has 1 aromatic rings. The molecule has 1 rings (SSSR count). The van der Waals surface area contributed by atoms with Crippen LogP contribution < -0.4 is 10.5 Å². The number of nitrogen functional groups attached to an aromatic ring is 1. The molecule has 0 unspecified atom stereocenters. The van der Waals surface area contributed by atoms with Gasteiger partial charge >= 0.3 is 0 Å². The fourth-order valence-corrected chi connectivity index (χ4v) is 1.47. The van der Waals surface area contributed by atoms with Crippen LogP contribution in [0.15, 0.2) is 12.1 Å². The summed E-state index contributed by atoms with van der Waals surface area (Å²) < 4.78 is 16.8. The number of hydrogen-bond acceptors (Lipinski definition) is 2. The van der Waals surface area contributed by atoms with Crippen molar-refractivity contribution in [1.29, 1.82) is 0 Å². The van der Waals surface area contributed by atoms with Crippen LogP contribution in [0.4, 0.5) is 10.1 Å². The number of nitrogens with two attached hydrogens (primary N) is 1. The van der Waals surface area contributed by atoms with E-state index in [-0.39, 0.29) is 12.4 Å². The number of anilines is 1. The Labute approximate surface area is 85.4 Å². The Kier molecular flexibility index (Phi) is 3.63. The van der Waals surface area contributed by atoms with E-state index in [0.717, 1.165) is 0 Å². The zero-order chi connectivity index (χ0) is 9.84. The normalized spacial score (nSPS) is 10.1. The molecule has 0 atom stereocenters. The maximum Gasteiger partial charge on any atom is 0.156 e. The van der Waals surface area contributed by atoms with Crippen LogP contribution >= 0.6 is 23.2 Å². The zero-order valence-corrected chi connectivity index (χ0v) is 8.20. The van der Waals surface area contributed by atoms with Gasteiger partial charge in [0.15, 0.2) is 5.75 Å². The second kappa shape index (κ2) is 4.53. The van der Waals surface area contributed by atoms with Crippen LogP contribution in [0.3, 0.4) is 0 Å². The first-order valence-electron chi connectivity index (χ1n) is 3.58. The van der Waals surface area contributed by atoms with Crippen molar-refractivity contribution in [3.63, 3.8) is 0 Å². The maximum absolute atomic E-state index is 11.8. The second-order valence-corrected chi connectivity index (χ2v) is 3.17. The van der Waals surface area contributed by atoms with Crippen molar-refractivity contribution in [2.24, 2.45) is 0 Å². The number of halogens is 3. The fraction of sp³-hybridized carbons (Fsp3) is 0.250. The van der Waals surface area contributed by atoms with Crippen molar-refractivity contribution in [2.75, 3.05) is 19.0 Å². The van der Waals surface area contributed by atoms with E-state index in [2.05, 4.69) is 0 Å². The van der Waals surface area contributed by atoms with E-state index in [1.807, 2.05) is 0 Å². The number of rotatable bonds is 3. The molecule has 0 aliphatic heterocycles. The molecule has 0 aliphatic rings. The minimum atomic E-state index is -0.586. The van der Waals surface area contributed by atoms with Gasteiger partial charge in [-0.3, -0.25) is 0 Å². The lowest BCUT2D eigenvalue weighted by Gasteiger charge is -2.08. The SMILES string of the molecule is Nc1cc(Cl)c(OCCF)c(Cl)c1. The van der Waals surface area contributed by atoms with Crippen molar-refractivity contribution in [2.45, 2.75) is 0 Å². The number of alkyl halides is 1. The Morgan fingerprint density at radius 1 is 1.31 bits per heavy atom. The highest BCUT2D eigenvalue weighted by Gasteiger charge is 2.07. The second-order valence-electron chi connectivity index (χ2n) is 2.35. The largest absolute Gasteiger partial charge is 0.488 e. The highest BCUT2D eigenvalue weighted by molar-refractivity contribution is 6.37. The molecule has 5 heteroatoms. The van der Waals surface area contributed by atoms with Crippen molar-refractivity contribution in [1.82, 2.24) is 0 Å². The summed E-state index contributed by atoms with van der Waals surface area (Å²) in [6, 6.07) is 3.00. The van der Waals surface area contributed by atoms with Gasteiger partial charge in [-0.05, 0) is 12.1 Å². The van der Waals surface area contributed by atoms with Crippen LogP contribution in [-0.4, -0.2) is 13.3 Å². The standard InChI is InChI=1S/C8H8Cl2FNO/c9-6-3-5(12)4-7(10)8(6)13-2-1-11/h3-4H,1-2,12H2. The summed E-state index contributed by atoms with van der Waals surface area (Å²) in [6.07, 6.45) is 0. The van der Waals surface area contributed by atoms with E-state index in [0.29, 0.717) is 15.7 Å². The van der Waals surface area contributed by atoms with Crippen molar-refractivity contribution in [3.8, 4) is 5.75 Å². The van der Waals surface area contributed by atoms with Crippen molar-refractivity contribution < 1.29 is 9.13 Å². The molecule has 0 amide bonds. The third-order valence-electron chi connectivity index (χ3n) is 1.34. The molecule has 0 saturated carbocycles. The minimum Gasteiger partial charge on any atom is -0.488 e. The molecular weight excluding hydrogens is 216 g/mol. The molecule has 0 aromatic heterocycles. The Morgan fingerprint density at radius 2 is 1.85 bits per heavy atom. The van der Waals surface area contributed by atoms with Gasteiger partial charge in [-0.25, -0.2) is 4.39 Å². The first-order chi connectivity index (χ1) is 6.15. The minimum absolute atomic E-state index is 0.0661. The molecule has 2 N–H and O–H groups in total. The van der Waals surface area contributed by atoms with Gasteiger partial charge in [0.25, 0.3) is 0 Å². The molecule has 72 valence electrons. The van der Waals surface area contributed by atoms with E-state index in [1.165, 1.54) is 12.1 Å². The molecule has 0 spiro atoms. The van der Waals surface area contributed by atoms with Gasteiger partial charge in [-0.1, -0.05) is 23.2 Å². The molecule has 0 aliphatic carbocycles. The lowest BCUT2D eigenvalue weighted by molar-refractivity contribution is 0.273. The average molecular weight is 224 g/mol. The molecule has 2 nitrogen and oxygen atoms in total.